The van der Waals surface area contributed by atoms with Crippen LogP contribution in [0.15, 0.2) is 23.1 Å². The van der Waals surface area contributed by atoms with E-state index in [9.17, 15) is 12.8 Å². The molecule has 0 atom stereocenters. The summed E-state index contributed by atoms with van der Waals surface area (Å²) in [5.41, 5.74) is 0.311. The number of halogens is 1. The Morgan fingerprint density at radius 1 is 1.45 bits per heavy atom. The molecule has 1 rings (SSSR count). The first-order chi connectivity index (χ1) is 9.47. The van der Waals surface area contributed by atoms with E-state index in [-0.39, 0.29) is 18.0 Å². The molecule has 0 aliphatic rings. The van der Waals surface area contributed by atoms with Crippen molar-refractivity contribution in [3.8, 4) is 12.3 Å². The van der Waals surface area contributed by atoms with Crippen molar-refractivity contribution in [2.24, 2.45) is 0 Å². The molecule has 0 amide bonds. The molecule has 20 heavy (non-hydrogen) atoms. The lowest BCUT2D eigenvalue weighted by molar-refractivity contribution is 0.445. The van der Waals surface area contributed by atoms with Gasteiger partial charge < -0.3 is 5.32 Å². The molecule has 0 aliphatic carbocycles. The second-order valence-electron chi connectivity index (χ2n) is 4.33. The minimum atomic E-state index is -3.69. The first kappa shape index (κ1) is 16.6. The van der Waals surface area contributed by atoms with Gasteiger partial charge in [0.05, 0.1) is 11.4 Å². The van der Waals surface area contributed by atoms with Crippen LogP contribution in [0.2, 0.25) is 0 Å². The highest BCUT2D eigenvalue weighted by Crippen LogP contribution is 2.19. The fraction of sp³-hybridized carbons (Fsp3) is 0.429. The molecule has 0 aromatic heterocycles. The van der Waals surface area contributed by atoms with Gasteiger partial charge in [0.25, 0.3) is 0 Å². The molecular formula is C14H19FN2O2S. The molecule has 4 nitrogen and oxygen atoms in total. The van der Waals surface area contributed by atoms with Crippen molar-refractivity contribution in [1.29, 1.82) is 0 Å². The summed E-state index contributed by atoms with van der Waals surface area (Å²) in [6.45, 7) is 2.48. The molecule has 0 saturated carbocycles. The molecule has 0 fully saturated rings. The summed E-state index contributed by atoms with van der Waals surface area (Å²) in [5.74, 6) is 1.91. The van der Waals surface area contributed by atoms with Gasteiger partial charge in [0, 0.05) is 18.7 Å². The lowest BCUT2D eigenvalue weighted by Gasteiger charge is -2.19. The molecule has 1 N–H and O–H groups in total. The van der Waals surface area contributed by atoms with Gasteiger partial charge in [-0.05, 0) is 31.7 Å². The van der Waals surface area contributed by atoms with E-state index in [4.69, 9.17) is 6.42 Å². The standard InChI is InChI=1S/C14H19FN2O2S/c1-4-8-17(9-5-2)20(18,19)13-6-7-14(15)12(10-13)11-16-3/h1,6-7,10,16H,5,8-9,11H2,2-3H3. The number of nitrogens with one attached hydrogen (secondary N) is 1. The molecular weight excluding hydrogens is 279 g/mol. The Kier molecular flexibility index (Phi) is 6.14. The lowest BCUT2D eigenvalue weighted by atomic mass is 10.2. The second-order valence-corrected chi connectivity index (χ2v) is 6.26. The van der Waals surface area contributed by atoms with E-state index < -0.39 is 15.8 Å². The van der Waals surface area contributed by atoms with Crippen molar-refractivity contribution < 1.29 is 12.8 Å². The Labute approximate surface area is 120 Å². The van der Waals surface area contributed by atoms with Gasteiger partial charge in [0.2, 0.25) is 10.0 Å². The quantitative estimate of drug-likeness (QED) is 0.778. The Morgan fingerprint density at radius 2 is 2.15 bits per heavy atom. The maximum Gasteiger partial charge on any atom is 0.243 e. The zero-order valence-electron chi connectivity index (χ0n) is 11.7. The third-order valence-corrected chi connectivity index (χ3v) is 4.60. The summed E-state index contributed by atoms with van der Waals surface area (Å²) in [6.07, 6.45) is 5.87. The highest BCUT2D eigenvalue weighted by Gasteiger charge is 2.23. The van der Waals surface area contributed by atoms with E-state index in [0.29, 0.717) is 18.5 Å². The fourth-order valence-corrected chi connectivity index (χ4v) is 3.32. The van der Waals surface area contributed by atoms with Gasteiger partial charge in [0.1, 0.15) is 5.82 Å². The number of sulfonamides is 1. The summed E-state index contributed by atoms with van der Waals surface area (Å²) >= 11 is 0. The average Bonchev–Trinajstić information content (AvgIpc) is 2.41. The van der Waals surface area contributed by atoms with E-state index in [2.05, 4.69) is 11.2 Å². The largest absolute Gasteiger partial charge is 0.316 e. The van der Waals surface area contributed by atoms with Crippen LogP contribution in [0.1, 0.15) is 18.9 Å². The van der Waals surface area contributed by atoms with Crippen molar-refractivity contribution >= 4 is 10.0 Å². The minimum absolute atomic E-state index is 0.00884. The minimum Gasteiger partial charge on any atom is -0.316 e. The maximum atomic E-state index is 13.6. The molecule has 0 saturated heterocycles. The number of benzene rings is 1. The number of nitrogens with zero attached hydrogens (tertiary/aromatic N) is 1. The van der Waals surface area contributed by atoms with Crippen LogP contribution in [0, 0.1) is 18.2 Å². The SMILES string of the molecule is C#CCN(CCC)S(=O)(=O)c1ccc(F)c(CNC)c1. The maximum absolute atomic E-state index is 13.6. The first-order valence-electron chi connectivity index (χ1n) is 6.34. The molecule has 0 unspecified atom stereocenters. The van der Waals surface area contributed by atoms with Crippen LogP contribution in [-0.2, 0) is 16.6 Å². The van der Waals surface area contributed by atoms with Crippen molar-refractivity contribution in [3.63, 3.8) is 0 Å². The second kappa shape index (κ2) is 7.39. The van der Waals surface area contributed by atoms with E-state index >= 15 is 0 Å². The van der Waals surface area contributed by atoms with E-state index in [0.717, 1.165) is 0 Å². The predicted octanol–water partition coefficient (Wildman–Crippen LogP) is 1.58. The summed E-state index contributed by atoms with van der Waals surface area (Å²) < 4.78 is 39.7. The zero-order valence-corrected chi connectivity index (χ0v) is 12.5. The van der Waals surface area contributed by atoms with Crippen LogP contribution in [0.5, 0.6) is 0 Å². The number of hydrogen-bond donors (Lipinski definition) is 1. The smallest absolute Gasteiger partial charge is 0.243 e. The van der Waals surface area contributed by atoms with Gasteiger partial charge in [-0.2, -0.15) is 4.31 Å². The summed E-state index contributed by atoms with van der Waals surface area (Å²) in [7, 11) is -2.02. The van der Waals surface area contributed by atoms with Crippen LogP contribution in [-0.4, -0.2) is 32.9 Å². The van der Waals surface area contributed by atoms with Crippen molar-refractivity contribution in [2.45, 2.75) is 24.8 Å². The van der Waals surface area contributed by atoms with Gasteiger partial charge in [-0.15, -0.1) is 6.42 Å². The van der Waals surface area contributed by atoms with Crippen LogP contribution in [0.3, 0.4) is 0 Å². The van der Waals surface area contributed by atoms with E-state index in [1.807, 2.05) is 6.92 Å². The monoisotopic (exact) mass is 298 g/mol. The summed E-state index contributed by atoms with van der Waals surface area (Å²) in [5, 5.41) is 2.80. The third-order valence-electron chi connectivity index (χ3n) is 2.76. The molecule has 0 spiro atoms. The molecule has 0 aliphatic heterocycles. The van der Waals surface area contributed by atoms with Gasteiger partial charge in [-0.1, -0.05) is 12.8 Å². The molecule has 0 bridgehead atoms. The summed E-state index contributed by atoms with van der Waals surface area (Å²) in [4.78, 5) is 0.0628. The summed E-state index contributed by atoms with van der Waals surface area (Å²) in [6, 6.07) is 3.78. The lowest BCUT2D eigenvalue weighted by Crippen LogP contribution is -2.32. The Balaban J connectivity index is 3.20. The van der Waals surface area contributed by atoms with Gasteiger partial charge in [-0.25, -0.2) is 12.8 Å². The number of terminal acetylenes is 1. The Hall–Kier alpha value is -1.42. The van der Waals surface area contributed by atoms with Crippen molar-refractivity contribution in [2.75, 3.05) is 20.1 Å². The predicted molar refractivity (Wildman–Crippen MR) is 77.0 cm³/mol. The Morgan fingerprint density at radius 3 is 2.70 bits per heavy atom. The highest BCUT2D eigenvalue weighted by molar-refractivity contribution is 7.89. The Bertz CT molecular complexity index is 594. The average molecular weight is 298 g/mol. The molecule has 1 aromatic carbocycles. The van der Waals surface area contributed by atoms with Crippen LogP contribution < -0.4 is 5.32 Å². The number of hydrogen-bond acceptors (Lipinski definition) is 3. The molecule has 1 aromatic rings. The van der Waals surface area contributed by atoms with Crippen LogP contribution in [0.25, 0.3) is 0 Å². The van der Waals surface area contributed by atoms with E-state index in [1.165, 1.54) is 22.5 Å². The van der Waals surface area contributed by atoms with Crippen molar-refractivity contribution in [1.82, 2.24) is 9.62 Å². The van der Waals surface area contributed by atoms with Gasteiger partial charge in [-0.3, -0.25) is 0 Å². The third kappa shape index (κ3) is 3.79. The van der Waals surface area contributed by atoms with Gasteiger partial charge >= 0.3 is 0 Å². The van der Waals surface area contributed by atoms with Crippen LogP contribution >= 0.6 is 0 Å². The van der Waals surface area contributed by atoms with Crippen molar-refractivity contribution in [3.05, 3.63) is 29.6 Å². The van der Waals surface area contributed by atoms with E-state index in [1.54, 1.807) is 7.05 Å². The normalized spacial score (nSPS) is 11.6. The van der Waals surface area contributed by atoms with Gasteiger partial charge in [0.15, 0.2) is 0 Å². The number of rotatable bonds is 7. The fourth-order valence-electron chi connectivity index (χ4n) is 1.82. The van der Waals surface area contributed by atoms with Crippen LogP contribution in [0.4, 0.5) is 4.39 Å². The zero-order chi connectivity index (χ0) is 15.2. The molecule has 110 valence electrons. The highest BCUT2D eigenvalue weighted by atomic mass is 32.2. The molecule has 6 heteroatoms. The molecule has 0 radical (unpaired) electrons. The first-order valence-corrected chi connectivity index (χ1v) is 7.78. The molecule has 0 heterocycles. The topological polar surface area (TPSA) is 49.4 Å².